The van der Waals surface area contributed by atoms with Gasteiger partial charge in [-0.05, 0) is 48.4 Å². The van der Waals surface area contributed by atoms with Crippen LogP contribution in [0.1, 0.15) is 11.1 Å². The second-order valence-electron chi connectivity index (χ2n) is 4.53. The third kappa shape index (κ3) is 5.38. The Morgan fingerprint density at radius 2 is 1.45 bits per heavy atom. The lowest BCUT2D eigenvalue weighted by Crippen LogP contribution is -2.16. The van der Waals surface area contributed by atoms with E-state index in [2.05, 4.69) is 29.6 Å². The molecule has 0 aliphatic rings. The Kier molecular flexibility index (Phi) is 6.13. The van der Waals surface area contributed by atoms with Crippen LogP contribution in [0.3, 0.4) is 0 Å². The van der Waals surface area contributed by atoms with Crippen molar-refractivity contribution in [2.45, 2.75) is 6.42 Å². The normalized spacial score (nSPS) is 11.1. The molecule has 0 saturated heterocycles. The highest BCUT2D eigenvalue weighted by Gasteiger charge is 1.92. The predicted molar refractivity (Wildman–Crippen MR) is 88.5 cm³/mol. The van der Waals surface area contributed by atoms with Crippen molar-refractivity contribution in [1.82, 2.24) is 5.32 Å². The molecule has 0 bridgehead atoms. The number of benzene rings is 2. The highest BCUT2D eigenvalue weighted by molar-refractivity contribution is 6.30. The molecule has 1 N–H and O–H groups in total. The molecule has 0 saturated carbocycles. The van der Waals surface area contributed by atoms with Gasteiger partial charge in [-0.15, -0.1) is 0 Å². The lowest BCUT2D eigenvalue weighted by molar-refractivity contribution is 0.745. The van der Waals surface area contributed by atoms with Crippen LogP contribution < -0.4 is 5.32 Å². The van der Waals surface area contributed by atoms with Crippen LogP contribution in [-0.4, -0.2) is 13.1 Å². The summed E-state index contributed by atoms with van der Waals surface area (Å²) in [4.78, 5) is 0. The van der Waals surface area contributed by atoms with Crippen molar-refractivity contribution in [2.75, 3.05) is 13.1 Å². The summed E-state index contributed by atoms with van der Waals surface area (Å²) in [5, 5.41) is 4.94. The second-order valence-corrected chi connectivity index (χ2v) is 5.41. The van der Waals surface area contributed by atoms with Gasteiger partial charge in [0.15, 0.2) is 0 Å². The lowest BCUT2D eigenvalue weighted by Gasteiger charge is -2.02. The van der Waals surface area contributed by atoms with Crippen molar-refractivity contribution < 1.29 is 0 Å². The van der Waals surface area contributed by atoms with Gasteiger partial charge in [0.2, 0.25) is 0 Å². The van der Waals surface area contributed by atoms with E-state index < -0.39 is 0 Å². The fraction of sp³-hybridized carbons (Fsp3) is 0.176. The van der Waals surface area contributed by atoms with E-state index in [-0.39, 0.29) is 0 Å². The van der Waals surface area contributed by atoms with Gasteiger partial charge in [-0.2, -0.15) is 0 Å². The van der Waals surface area contributed by atoms with Crippen LogP contribution in [0.4, 0.5) is 0 Å². The molecule has 0 spiro atoms. The summed E-state index contributed by atoms with van der Waals surface area (Å²) >= 11 is 11.7. The van der Waals surface area contributed by atoms with Gasteiger partial charge >= 0.3 is 0 Å². The number of halogens is 2. The highest BCUT2D eigenvalue weighted by atomic mass is 35.5. The summed E-state index contributed by atoms with van der Waals surface area (Å²) < 4.78 is 0. The average molecular weight is 306 g/mol. The molecule has 0 aliphatic heterocycles. The van der Waals surface area contributed by atoms with E-state index in [1.807, 2.05) is 36.4 Å². The zero-order chi connectivity index (χ0) is 14.2. The minimum atomic E-state index is 0.767. The summed E-state index contributed by atoms with van der Waals surface area (Å²) in [6, 6.07) is 15.8. The van der Waals surface area contributed by atoms with Crippen LogP contribution >= 0.6 is 23.2 Å². The minimum Gasteiger partial charge on any atom is -0.313 e. The van der Waals surface area contributed by atoms with Crippen LogP contribution in [0.25, 0.3) is 6.08 Å². The van der Waals surface area contributed by atoms with Crippen LogP contribution in [0.2, 0.25) is 10.0 Å². The third-order valence-corrected chi connectivity index (χ3v) is 3.45. The van der Waals surface area contributed by atoms with Crippen molar-refractivity contribution in [1.29, 1.82) is 0 Å². The largest absolute Gasteiger partial charge is 0.313 e. The summed E-state index contributed by atoms with van der Waals surface area (Å²) in [5.41, 5.74) is 2.46. The number of hydrogen-bond donors (Lipinski definition) is 1. The molecule has 0 amide bonds. The summed E-state index contributed by atoms with van der Waals surface area (Å²) in [5.74, 6) is 0. The van der Waals surface area contributed by atoms with Crippen molar-refractivity contribution in [3.05, 3.63) is 75.8 Å². The summed E-state index contributed by atoms with van der Waals surface area (Å²) in [6.45, 7) is 1.81. The quantitative estimate of drug-likeness (QED) is 0.753. The molecule has 0 aliphatic carbocycles. The minimum absolute atomic E-state index is 0.767. The molecule has 20 heavy (non-hydrogen) atoms. The van der Waals surface area contributed by atoms with Gasteiger partial charge in [0, 0.05) is 16.6 Å². The maximum Gasteiger partial charge on any atom is 0.0406 e. The van der Waals surface area contributed by atoms with Crippen molar-refractivity contribution >= 4 is 29.3 Å². The van der Waals surface area contributed by atoms with Crippen molar-refractivity contribution in [2.24, 2.45) is 0 Å². The van der Waals surface area contributed by atoms with Gasteiger partial charge in [0.05, 0.1) is 0 Å². The number of hydrogen-bond acceptors (Lipinski definition) is 1. The van der Waals surface area contributed by atoms with Gasteiger partial charge in [-0.1, -0.05) is 59.6 Å². The monoisotopic (exact) mass is 305 g/mol. The van der Waals surface area contributed by atoms with E-state index >= 15 is 0 Å². The van der Waals surface area contributed by atoms with Gasteiger partial charge in [0.1, 0.15) is 0 Å². The fourth-order valence-electron chi connectivity index (χ4n) is 1.84. The first-order valence-electron chi connectivity index (χ1n) is 6.61. The van der Waals surface area contributed by atoms with Gasteiger partial charge in [0.25, 0.3) is 0 Å². The molecular formula is C17H17Cl2N. The molecular weight excluding hydrogens is 289 g/mol. The molecule has 1 nitrogen and oxygen atoms in total. The summed E-state index contributed by atoms with van der Waals surface area (Å²) in [7, 11) is 0. The molecule has 0 fully saturated rings. The standard InChI is InChI=1S/C17H17Cl2N/c18-16-7-3-14(4-8-16)2-1-12-20-13-11-15-5-9-17(19)10-6-15/h1-10,20H,11-13H2/b2-1+. The Hall–Kier alpha value is -1.28. The Labute approximate surface area is 130 Å². The molecule has 0 heterocycles. The Morgan fingerprint density at radius 1 is 0.850 bits per heavy atom. The van der Waals surface area contributed by atoms with E-state index in [4.69, 9.17) is 23.2 Å². The molecule has 0 radical (unpaired) electrons. The van der Waals surface area contributed by atoms with Gasteiger partial charge in [-0.25, -0.2) is 0 Å². The Morgan fingerprint density at radius 3 is 2.10 bits per heavy atom. The molecule has 2 aromatic rings. The number of rotatable bonds is 6. The highest BCUT2D eigenvalue weighted by Crippen LogP contribution is 2.10. The average Bonchev–Trinajstić information content (AvgIpc) is 2.46. The summed E-state index contributed by atoms with van der Waals surface area (Å²) in [6.07, 6.45) is 5.21. The topological polar surface area (TPSA) is 12.0 Å². The lowest BCUT2D eigenvalue weighted by atomic mass is 10.1. The number of nitrogens with one attached hydrogen (secondary N) is 1. The van der Waals surface area contributed by atoms with E-state index in [9.17, 15) is 0 Å². The molecule has 0 atom stereocenters. The van der Waals surface area contributed by atoms with E-state index in [1.54, 1.807) is 0 Å². The maximum atomic E-state index is 5.85. The molecule has 0 unspecified atom stereocenters. The predicted octanol–water partition coefficient (Wildman–Crippen LogP) is 4.84. The zero-order valence-corrected chi connectivity index (χ0v) is 12.7. The maximum absolute atomic E-state index is 5.85. The van der Waals surface area contributed by atoms with E-state index in [0.29, 0.717) is 0 Å². The van der Waals surface area contributed by atoms with Crippen LogP contribution in [0, 0.1) is 0 Å². The molecule has 3 heteroatoms. The third-order valence-electron chi connectivity index (χ3n) is 2.95. The van der Waals surface area contributed by atoms with Gasteiger partial charge < -0.3 is 5.32 Å². The first kappa shape index (κ1) is 15.1. The molecule has 0 aromatic heterocycles. The first-order valence-corrected chi connectivity index (χ1v) is 7.37. The smallest absolute Gasteiger partial charge is 0.0406 e. The van der Waals surface area contributed by atoms with Crippen LogP contribution in [-0.2, 0) is 6.42 Å². The molecule has 2 rings (SSSR count). The SMILES string of the molecule is Clc1ccc(/C=C/CNCCc2ccc(Cl)cc2)cc1. The zero-order valence-electron chi connectivity index (χ0n) is 11.2. The van der Waals surface area contributed by atoms with E-state index in [0.717, 1.165) is 35.1 Å². The van der Waals surface area contributed by atoms with Crippen LogP contribution in [0.15, 0.2) is 54.6 Å². The van der Waals surface area contributed by atoms with Crippen molar-refractivity contribution in [3.63, 3.8) is 0 Å². The first-order chi connectivity index (χ1) is 9.74. The molecule has 2 aromatic carbocycles. The van der Waals surface area contributed by atoms with Crippen LogP contribution in [0.5, 0.6) is 0 Å². The fourth-order valence-corrected chi connectivity index (χ4v) is 2.09. The second kappa shape index (κ2) is 8.11. The van der Waals surface area contributed by atoms with Crippen molar-refractivity contribution in [3.8, 4) is 0 Å². The molecule has 104 valence electrons. The van der Waals surface area contributed by atoms with Gasteiger partial charge in [-0.3, -0.25) is 0 Å². The van der Waals surface area contributed by atoms with E-state index in [1.165, 1.54) is 5.56 Å². The Balaban J connectivity index is 1.66. The Bertz CT molecular complexity index is 544.